The number of aliphatic hydroxyl groups is 3. The smallest absolute Gasteiger partial charge is 0.255 e. The van der Waals surface area contributed by atoms with Gasteiger partial charge in [0.25, 0.3) is 5.91 Å². The maximum atomic E-state index is 16.2. The number of carbonyl (C=O) groups is 3. The normalized spacial score (nSPS) is 30.9. The Labute approximate surface area is 249 Å². The summed E-state index contributed by atoms with van der Waals surface area (Å²) in [6.45, 7) is 1.97. The first kappa shape index (κ1) is 29.8. The van der Waals surface area contributed by atoms with Crippen LogP contribution in [-0.4, -0.2) is 86.5 Å². The summed E-state index contributed by atoms with van der Waals surface area (Å²) in [6.07, 6.45) is 8.29. The zero-order valence-corrected chi connectivity index (χ0v) is 24.7. The van der Waals surface area contributed by atoms with Crippen molar-refractivity contribution in [2.24, 2.45) is 23.0 Å². The predicted octanol–water partition coefficient (Wildman–Crippen LogP) is 2.81. The number of Topliss-reactive ketones (excluding diaryl/α,β-unsaturated/α-hetero) is 2. The summed E-state index contributed by atoms with van der Waals surface area (Å²) in [7, 11) is 3.13. The van der Waals surface area contributed by atoms with Crippen molar-refractivity contribution in [2.75, 3.05) is 27.2 Å². The molecule has 5 aliphatic rings. The molecule has 1 spiro atoms. The Morgan fingerprint density at radius 2 is 1.74 bits per heavy atom. The van der Waals surface area contributed by atoms with Gasteiger partial charge in [0.1, 0.15) is 28.7 Å². The number of aliphatic hydroxyl groups excluding tert-OH is 2. The lowest BCUT2D eigenvalue weighted by molar-refractivity contribution is -0.148. The molecule has 232 valence electrons. The largest absolute Gasteiger partial charge is 0.510 e. The van der Waals surface area contributed by atoms with Crippen LogP contribution in [0.15, 0.2) is 28.7 Å². The van der Waals surface area contributed by atoms with Gasteiger partial charge in [-0.15, -0.1) is 0 Å². The molecule has 0 unspecified atom stereocenters. The second-order valence-electron chi connectivity index (χ2n) is 13.5. The first-order valence-corrected chi connectivity index (χ1v) is 15.2. The molecule has 4 aliphatic carbocycles. The van der Waals surface area contributed by atoms with E-state index in [9.17, 15) is 34.8 Å². The SMILES string of the molecule is CN(C)[C@@H]1C(O)=C(C(N)=O)C(=O)[C@@]2(O)C(O)=C3C(=O)c4c(O)cc(CN5CCC6(CCCCC6)CC5)c(F)c4C[C@H]3C[C@@H]12. The van der Waals surface area contributed by atoms with Gasteiger partial charge >= 0.3 is 0 Å². The van der Waals surface area contributed by atoms with Crippen LogP contribution in [0, 0.1) is 23.1 Å². The number of amides is 1. The third-order valence-corrected chi connectivity index (χ3v) is 11.0. The number of allylic oxidation sites excluding steroid dienone is 1. The molecule has 2 fully saturated rings. The van der Waals surface area contributed by atoms with Crippen molar-refractivity contribution in [3.8, 4) is 5.75 Å². The van der Waals surface area contributed by atoms with E-state index in [0.29, 0.717) is 17.5 Å². The van der Waals surface area contributed by atoms with E-state index in [1.807, 2.05) is 0 Å². The number of aromatic hydroxyl groups is 1. The van der Waals surface area contributed by atoms with Crippen LogP contribution in [-0.2, 0) is 22.6 Å². The molecule has 1 aromatic rings. The van der Waals surface area contributed by atoms with E-state index < -0.39 is 69.6 Å². The summed E-state index contributed by atoms with van der Waals surface area (Å²) < 4.78 is 16.2. The highest BCUT2D eigenvalue weighted by Gasteiger charge is 2.63. The van der Waals surface area contributed by atoms with Gasteiger partial charge < -0.3 is 26.2 Å². The summed E-state index contributed by atoms with van der Waals surface area (Å²) in [4.78, 5) is 43.0. The Balaban J connectivity index is 1.34. The number of hydrogen-bond acceptors (Lipinski definition) is 9. The van der Waals surface area contributed by atoms with Gasteiger partial charge in [-0.3, -0.25) is 24.2 Å². The molecule has 43 heavy (non-hydrogen) atoms. The fourth-order valence-corrected chi connectivity index (χ4v) is 8.70. The highest BCUT2D eigenvalue weighted by Crippen LogP contribution is 2.53. The number of nitrogens with zero attached hydrogens (tertiary/aromatic N) is 2. The van der Waals surface area contributed by atoms with E-state index in [1.54, 1.807) is 14.1 Å². The topological polar surface area (TPSA) is 165 Å². The molecule has 1 aliphatic heterocycles. The second kappa shape index (κ2) is 10.4. The van der Waals surface area contributed by atoms with Crippen molar-refractivity contribution < 1.29 is 39.2 Å². The molecule has 0 bridgehead atoms. The maximum Gasteiger partial charge on any atom is 0.255 e. The zero-order chi connectivity index (χ0) is 31.0. The number of benzene rings is 1. The molecule has 4 atom stereocenters. The first-order chi connectivity index (χ1) is 20.3. The van der Waals surface area contributed by atoms with E-state index in [-0.39, 0.29) is 29.5 Å². The number of rotatable bonds is 4. The van der Waals surface area contributed by atoms with Crippen molar-refractivity contribution in [1.82, 2.24) is 9.80 Å². The Bertz CT molecular complexity index is 1470. The molecule has 1 aromatic carbocycles. The van der Waals surface area contributed by atoms with Gasteiger partial charge in [0, 0.05) is 29.2 Å². The fourth-order valence-electron chi connectivity index (χ4n) is 8.70. The van der Waals surface area contributed by atoms with Crippen LogP contribution in [0.4, 0.5) is 4.39 Å². The number of halogens is 1. The van der Waals surface area contributed by atoms with Crippen LogP contribution in [0.1, 0.15) is 72.9 Å². The molecular formula is C32H40FN3O7. The van der Waals surface area contributed by atoms with Crippen LogP contribution < -0.4 is 5.73 Å². The van der Waals surface area contributed by atoms with Crippen molar-refractivity contribution in [3.05, 3.63) is 51.2 Å². The van der Waals surface area contributed by atoms with E-state index in [0.717, 1.165) is 25.9 Å². The number of piperidine rings is 1. The number of ketones is 2. The molecule has 0 aromatic heterocycles. The summed E-state index contributed by atoms with van der Waals surface area (Å²) in [5, 5.41) is 45.0. The number of hydrogen-bond donors (Lipinski definition) is 5. The van der Waals surface area contributed by atoms with Crippen molar-refractivity contribution in [2.45, 2.75) is 76.0 Å². The van der Waals surface area contributed by atoms with Crippen LogP contribution in [0.25, 0.3) is 0 Å². The molecule has 6 rings (SSSR count). The summed E-state index contributed by atoms with van der Waals surface area (Å²) >= 11 is 0. The molecule has 0 radical (unpaired) electrons. The first-order valence-electron chi connectivity index (χ1n) is 15.2. The molecule has 11 heteroatoms. The molecule has 1 heterocycles. The number of nitrogens with two attached hydrogens (primary N) is 1. The average Bonchev–Trinajstić information content (AvgIpc) is 2.94. The standard InChI is InChI=1S/C32H40FN3O7/c1-35(2)25-19-13-16-12-18-22(26(38)21(16)28(40)32(19,43)29(41)23(27(25)39)30(34)42)20(37)14-17(24(18)33)15-36-10-8-31(9-11-36)6-4-3-5-7-31/h14,16,19,25,37,39-40,43H,3-13,15H2,1-2H3,(H2,34,42)/t16-,19-,25-,32-/m0/s1. The number of likely N-dealkylation sites (N-methyl/N-ethyl adjacent to an activating group) is 1. The number of carbonyl (C=O) groups excluding carboxylic acids is 3. The highest BCUT2D eigenvalue weighted by molar-refractivity contribution is 6.24. The third kappa shape index (κ3) is 4.42. The number of phenols is 1. The molecule has 1 amide bonds. The highest BCUT2D eigenvalue weighted by atomic mass is 19.1. The second-order valence-corrected chi connectivity index (χ2v) is 13.5. The fraction of sp³-hybridized carbons (Fsp3) is 0.594. The van der Waals surface area contributed by atoms with Crippen LogP contribution >= 0.6 is 0 Å². The average molecular weight is 598 g/mol. The minimum atomic E-state index is -2.72. The lowest BCUT2D eigenvalue weighted by atomic mass is 9.58. The zero-order valence-electron chi connectivity index (χ0n) is 24.7. The summed E-state index contributed by atoms with van der Waals surface area (Å²) in [6, 6.07) is 0.163. The molecular weight excluding hydrogens is 557 g/mol. The van der Waals surface area contributed by atoms with Gasteiger partial charge in [0.05, 0.1) is 11.6 Å². The van der Waals surface area contributed by atoms with E-state index in [1.165, 1.54) is 43.1 Å². The quantitative estimate of drug-likeness (QED) is 0.328. The van der Waals surface area contributed by atoms with Crippen LogP contribution in [0.2, 0.25) is 0 Å². The minimum absolute atomic E-state index is 0.0360. The summed E-state index contributed by atoms with van der Waals surface area (Å²) in [5.41, 5.74) is 1.90. The van der Waals surface area contributed by atoms with Gasteiger partial charge in [-0.05, 0) is 83.1 Å². The minimum Gasteiger partial charge on any atom is -0.510 e. The molecule has 1 saturated heterocycles. The van der Waals surface area contributed by atoms with Gasteiger partial charge in [0.2, 0.25) is 5.78 Å². The Morgan fingerprint density at radius 1 is 1.09 bits per heavy atom. The molecule has 6 N–H and O–H groups in total. The van der Waals surface area contributed by atoms with Gasteiger partial charge in [-0.1, -0.05) is 19.3 Å². The van der Waals surface area contributed by atoms with Gasteiger partial charge in [-0.25, -0.2) is 4.39 Å². The number of fused-ring (bicyclic) bond motifs is 3. The number of phenolic OH excluding ortho intramolecular Hbond substituents is 1. The Morgan fingerprint density at radius 3 is 2.35 bits per heavy atom. The Hall–Kier alpha value is -3.28. The predicted molar refractivity (Wildman–Crippen MR) is 154 cm³/mol. The van der Waals surface area contributed by atoms with Crippen molar-refractivity contribution in [1.29, 1.82) is 0 Å². The maximum absolute atomic E-state index is 16.2. The third-order valence-electron chi connectivity index (χ3n) is 11.0. The van der Waals surface area contributed by atoms with Crippen LogP contribution in [0.5, 0.6) is 5.75 Å². The van der Waals surface area contributed by atoms with Crippen LogP contribution in [0.3, 0.4) is 0 Å². The van der Waals surface area contributed by atoms with E-state index in [2.05, 4.69) is 4.90 Å². The summed E-state index contributed by atoms with van der Waals surface area (Å²) in [5.74, 6) is -8.04. The Kier molecular flexibility index (Phi) is 7.21. The lowest BCUT2D eigenvalue weighted by Gasteiger charge is -2.50. The lowest BCUT2D eigenvalue weighted by Crippen LogP contribution is -2.63. The number of primary amides is 1. The van der Waals surface area contributed by atoms with E-state index >= 15 is 4.39 Å². The van der Waals surface area contributed by atoms with Crippen molar-refractivity contribution >= 4 is 17.5 Å². The van der Waals surface area contributed by atoms with E-state index in [4.69, 9.17) is 5.73 Å². The monoisotopic (exact) mass is 597 g/mol. The molecule has 10 nitrogen and oxygen atoms in total. The van der Waals surface area contributed by atoms with Crippen molar-refractivity contribution in [3.63, 3.8) is 0 Å². The number of likely N-dealkylation sites (tertiary alicyclic amines) is 1. The van der Waals surface area contributed by atoms with Gasteiger partial charge in [0.15, 0.2) is 11.4 Å². The van der Waals surface area contributed by atoms with Gasteiger partial charge in [-0.2, -0.15) is 0 Å². The molecule has 1 saturated carbocycles.